The minimum atomic E-state index is 0.798. The van der Waals surface area contributed by atoms with Crippen LogP contribution in [0.1, 0.15) is 177 Å². The largest absolute Gasteiger partial charge is 0.0850 e. The van der Waals surface area contributed by atoms with Gasteiger partial charge in [0.15, 0.2) is 0 Å². The lowest BCUT2D eigenvalue weighted by Gasteiger charge is -2.33. The van der Waals surface area contributed by atoms with Crippen LogP contribution in [0, 0.1) is 29.6 Å². The molecule has 1 aliphatic rings. The van der Waals surface area contributed by atoms with E-state index in [0.29, 0.717) is 0 Å². The predicted molar refractivity (Wildman–Crippen MR) is 166 cm³/mol. The second-order valence-corrected chi connectivity index (χ2v) is 12.7. The molecule has 0 N–H and O–H groups in total. The van der Waals surface area contributed by atoms with Gasteiger partial charge in [0, 0.05) is 0 Å². The van der Waals surface area contributed by atoms with Crippen LogP contribution in [0.4, 0.5) is 0 Å². The minimum absolute atomic E-state index is 0.798. The van der Waals surface area contributed by atoms with E-state index in [0.717, 1.165) is 29.6 Å². The maximum Gasteiger partial charge on any atom is -0.0172 e. The van der Waals surface area contributed by atoms with Crippen molar-refractivity contribution in [2.24, 2.45) is 29.6 Å². The molecule has 0 heterocycles. The van der Waals surface area contributed by atoms with Crippen LogP contribution >= 0.6 is 0 Å². The number of unbranched alkanes of at least 4 members (excludes halogenated alkanes) is 5. The summed E-state index contributed by atoms with van der Waals surface area (Å²) in [6, 6.07) is 0. The number of hydrogen-bond acceptors (Lipinski definition) is 0. The molecule has 5 atom stereocenters. The van der Waals surface area contributed by atoms with Gasteiger partial charge in [-0.05, 0) is 81.5 Å². The van der Waals surface area contributed by atoms with Gasteiger partial charge < -0.3 is 0 Å². The van der Waals surface area contributed by atoms with Crippen molar-refractivity contribution < 1.29 is 0 Å². The Balaban J connectivity index is 3.13. The van der Waals surface area contributed by atoms with E-state index >= 15 is 0 Å². The summed E-state index contributed by atoms with van der Waals surface area (Å²) in [5.74, 6) is 4.18. The normalized spacial score (nSPS) is 19.6. The Kier molecular flexibility index (Phi) is 19.0. The van der Waals surface area contributed by atoms with Gasteiger partial charge in [0.05, 0.1) is 0 Å². The third-order valence-electron chi connectivity index (χ3n) is 9.77. The average Bonchev–Trinajstić information content (AvgIpc) is 2.95. The summed E-state index contributed by atoms with van der Waals surface area (Å²) >= 11 is 0. The zero-order valence-electron chi connectivity index (χ0n) is 26.4. The van der Waals surface area contributed by atoms with E-state index < -0.39 is 0 Å². The molecule has 0 nitrogen and oxygen atoms in total. The van der Waals surface area contributed by atoms with E-state index in [-0.39, 0.29) is 0 Å². The Labute approximate surface area is 229 Å². The molecule has 1 rings (SSSR count). The highest BCUT2D eigenvalue weighted by Gasteiger charge is 2.27. The van der Waals surface area contributed by atoms with Crippen LogP contribution in [0.15, 0.2) is 22.8 Å². The Bertz CT molecular complexity index is 593. The predicted octanol–water partition coefficient (Wildman–Crippen LogP) is 12.9. The first kappa shape index (κ1) is 33.5. The van der Waals surface area contributed by atoms with Gasteiger partial charge in [-0.15, -0.1) is 0 Å². The molecule has 0 saturated carbocycles. The van der Waals surface area contributed by atoms with Crippen LogP contribution in [-0.2, 0) is 0 Å². The molecule has 212 valence electrons. The Morgan fingerprint density at radius 1 is 0.667 bits per heavy atom. The van der Waals surface area contributed by atoms with Crippen molar-refractivity contribution in [1.82, 2.24) is 0 Å². The average molecular weight is 501 g/mol. The third kappa shape index (κ3) is 12.3. The zero-order valence-corrected chi connectivity index (χ0v) is 26.4. The molecule has 0 aliphatic heterocycles. The van der Waals surface area contributed by atoms with Gasteiger partial charge in [0.2, 0.25) is 0 Å². The molecule has 0 amide bonds. The van der Waals surface area contributed by atoms with Gasteiger partial charge >= 0.3 is 0 Å². The van der Waals surface area contributed by atoms with Crippen molar-refractivity contribution in [1.29, 1.82) is 0 Å². The quantitative estimate of drug-likeness (QED) is 0.122. The van der Waals surface area contributed by atoms with Crippen LogP contribution in [0.5, 0.6) is 0 Å². The summed E-state index contributed by atoms with van der Waals surface area (Å²) in [4.78, 5) is 0. The smallest absolute Gasteiger partial charge is 0.0172 e. The highest BCUT2D eigenvalue weighted by Crippen LogP contribution is 2.41. The van der Waals surface area contributed by atoms with Crippen LogP contribution in [0.25, 0.3) is 0 Å². The fraction of sp³-hybridized carbons (Fsp3) is 0.889. The number of hydrogen-bond donors (Lipinski definition) is 0. The Hall–Kier alpha value is -0.520. The summed E-state index contributed by atoms with van der Waals surface area (Å²) in [5, 5.41) is 0. The molecule has 0 aromatic carbocycles. The number of allylic oxidation sites excluding steroid dienone is 4. The molecule has 36 heavy (non-hydrogen) atoms. The van der Waals surface area contributed by atoms with E-state index in [9.17, 15) is 0 Å². The molecule has 0 spiro atoms. The van der Waals surface area contributed by atoms with E-state index in [1.807, 2.05) is 11.1 Å². The van der Waals surface area contributed by atoms with E-state index in [1.54, 1.807) is 5.57 Å². The van der Waals surface area contributed by atoms with Crippen molar-refractivity contribution in [2.75, 3.05) is 0 Å². The molecule has 0 radical (unpaired) electrons. The van der Waals surface area contributed by atoms with Gasteiger partial charge in [-0.25, -0.2) is 0 Å². The lowest BCUT2D eigenvalue weighted by molar-refractivity contribution is 0.275. The molecule has 0 fully saturated rings. The van der Waals surface area contributed by atoms with Gasteiger partial charge in [-0.3, -0.25) is 0 Å². The summed E-state index contributed by atoms with van der Waals surface area (Å²) in [5.41, 5.74) is 5.49. The zero-order chi connectivity index (χ0) is 26.8. The van der Waals surface area contributed by atoms with Crippen molar-refractivity contribution in [2.45, 2.75) is 177 Å². The minimum Gasteiger partial charge on any atom is -0.0850 e. The summed E-state index contributed by atoms with van der Waals surface area (Å²) in [7, 11) is 0. The van der Waals surface area contributed by atoms with Crippen LogP contribution < -0.4 is 0 Å². The Morgan fingerprint density at radius 3 is 2.00 bits per heavy atom. The fourth-order valence-electron chi connectivity index (χ4n) is 7.26. The topological polar surface area (TPSA) is 0 Å². The van der Waals surface area contributed by atoms with Crippen LogP contribution in [0.2, 0.25) is 0 Å². The molecular formula is C36H68. The van der Waals surface area contributed by atoms with Crippen LogP contribution in [-0.4, -0.2) is 0 Å². The lowest BCUT2D eigenvalue weighted by Crippen LogP contribution is -2.21. The molecule has 0 aromatic heterocycles. The van der Waals surface area contributed by atoms with Crippen LogP contribution in [0.3, 0.4) is 0 Å². The second-order valence-electron chi connectivity index (χ2n) is 12.7. The first-order chi connectivity index (χ1) is 17.4. The summed E-state index contributed by atoms with van der Waals surface area (Å²) in [6.07, 6.45) is 28.9. The van der Waals surface area contributed by atoms with Gasteiger partial charge in [0.1, 0.15) is 0 Å². The van der Waals surface area contributed by atoms with E-state index in [2.05, 4.69) is 61.5 Å². The van der Waals surface area contributed by atoms with Crippen molar-refractivity contribution in [3.63, 3.8) is 0 Å². The first-order valence-corrected chi connectivity index (χ1v) is 16.8. The summed E-state index contributed by atoms with van der Waals surface area (Å²) < 4.78 is 0. The molecule has 1 aliphatic carbocycles. The number of rotatable bonds is 19. The lowest BCUT2D eigenvalue weighted by atomic mass is 9.72. The molecular weight excluding hydrogens is 432 g/mol. The SMILES string of the molecule is CCCCCCCC(C)C(CC(CC)CCCC)C1=C(C)CCCC=C(C(CC)C(C)CCC)CC1. The second kappa shape index (κ2) is 20.4. The maximum absolute atomic E-state index is 2.69. The van der Waals surface area contributed by atoms with Gasteiger partial charge in [-0.1, -0.05) is 148 Å². The highest BCUT2D eigenvalue weighted by atomic mass is 14.3. The van der Waals surface area contributed by atoms with Crippen molar-refractivity contribution >= 4 is 0 Å². The molecule has 0 bridgehead atoms. The molecule has 0 heteroatoms. The molecule has 5 unspecified atom stereocenters. The van der Waals surface area contributed by atoms with Crippen molar-refractivity contribution in [3.05, 3.63) is 22.8 Å². The van der Waals surface area contributed by atoms with Crippen molar-refractivity contribution in [3.8, 4) is 0 Å². The summed E-state index contributed by atoms with van der Waals surface area (Å²) in [6.45, 7) is 19.6. The first-order valence-electron chi connectivity index (χ1n) is 16.8. The molecule has 0 aromatic rings. The third-order valence-corrected chi connectivity index (χ3v) is 9.77. The van der Waals surface area contributed by atoms with E-state index in [1.165, 1.54) is 122 Å². The standard InChI is InChI=1S/C36H68/c1-9-14-16-17-18-22-31(8)36(28-32(12-4)24-15-10-2)35-27-26-33(25-20-19-23-30(35)7)34(13-5)29(6)21-11-3/h25,29,31-32,34,36H,9-24,26-28H2,1-8H3. The fourth-order valence-corrected chi connectivity index (χ4v) is 7.26. The monoisotopic (exact) mass is 501 g/mol. The van der Waals surface area contributed by atoms with Gasteiger partial charge in [-0.2, -0.15) is 0 Å². The Morgan fingerprint density at radius 2 is 1.36 bits per heavy atom. The maximum atomic E-state index is 2.69. The molecule has 0 saturated heterocycles. The van der Waals surface area contributed by atoms with Gasteiger partial charge in [0.25, 0.3) is 0 Å². The van der Waals surface area contributed by atoms with E-state index in [4.69, 9.17) is 0 Å². The highest BCUT2D eigenvalue weighted by molar-refractivity contribution is 5.21.